The average molecular weight is 411 g/mol. The van der Waals surface area contributed by atoms with Crippen LogP contribution in [0.15, 0.2) is 66.7 Å². The molecule has 0 saturated carbocycles. The quantitative estimate of drug-likeness (QED) is 0.481. The van der Waals surface area contributed by atoms with E-state index in [0.29, 0.717) is 22.5 Å². The smallest absolute Gasteiger partial charge is 0.271 e. The van der Waals surface area contributed by atoms with Gasteiger partial charge in [0.25, 0.3) is 17.5 Å². The van der Waals surface area contributed by atoms with E-state index in [1.54, 1.807) is 0 Å². The summed E-state index contributed by atoms with van der Waals surface area (Å²) in [7, 11) is 0. The lowest BCUT2D eigenvalue weighted by atomic mass is 10.1. The van der Waals surface area contributed by atoms with Gasteiger partial charge >= 0.3 is 0 Å². The van der Waals surface area contributed by atoms with Gasteiger partial charge in [0.05, 0.1) is 28.2 Å². The van der Waals surface area contributed by atoms with Crippen LogP contribution < -0.4 is 10.6 Å². The molecule has 0 bridgehead atoms. The molecule has 0 heterocycles. The summed E-state index contributed by atoms with van der Waals surface area (Å²) in [4.78, 5) is 35.8. The van der Waals surface area contributed by atoms with Gasteiger partial charge < -0.3 is 10.6 Å². The lowest BCUT2D eigenvalue weighted by Gasteiger charge is -2.09. The number of hydrogen-bond donors (Lipinski definition) is 2. The topological polar surface area (TPSA) is 149 Å². The van der Waals surface area contributed by atoms with Crippen molar-refractivity contribution >= 4 is 28.9 Å². The van der Waals surface area contributed by atoms with Gasteiger partial charge in [-0.2, -0.15) is 10.5 Å². The van der Waals surface area contributed by atoms with E-state index in [0.717, 1.165) is 12.1 Å². The lowest BCUT2D eigenvalue weighted by Crippen LogP contribution is -2.16. The molecule has 0 aromatic heterocycles. The van der Waals surface area contributed by atoms with Gasteiger partial charge in [0, 0.05) is 34.6 Å². The number of nitro groups is 1. The molecule has 9 nitrogen and oxygen atoms in total. The van der Waals surface area contributed by atoms with Crippen molar-refractivity contribution in [1.82, 2.24) is 0 Å². The summed E-state index contributed by atoms with van der Waals surface area (Å²) in [5.41, 5.74) is 1.02. The van der Waals surface area contributed by atoms with E-state index in [-0.39, 0.29) is 11.1 Å². The molecule has 0 saturated heterocycles. The van der Waals surface area contributed by atoms with Crippen LogP contribution in [0.4, 0.5) is 17.1 Å². The Hall–Kier alpha value is -5.02. The number of nitrogens with zero attached hydrogens (tertiary/aromatic N) is 3. The molecule has 150 valence electrons. The first-order valence-corrected chi connectivity index (χ1v) is 8.82. The van der Waals surface area contributed by atoms with Gasteiger partial charge in [-0.1, -0.05) is 0 Å². The Labute approximate surface area is 176 Å². The van der Waals surface area contributed by atoms with E-state index in [9.17, 15) is 19.7 Å². The summed E-state index contributed by atoms with van der Waals surface area (Å²) in [5, 5.41) is 34.1. The number of carbonyl (C=O) groups excluding carboxylic acids is 2. The number of nitrogens with one attached hydrogen (secondary N) is 2. The third kappa shape index (κ3) is 5.08. The Balaban J connectivity index is 1.86. The molecule has 3 aromatic rings. The number of nitriles is 2. The van der Waals surface area contributed by atoms with E-state index >= 15 is 0 Å². The zero-order chi connectivity index (χ0) is 22.4. The van der Waals surface area contributed by atoms with Crippen molar-refractivity contribution < 1.29 is 14.5 Å². The van der Waals surface area contributed by atoms with Crippen molar-refractivity contribution in [3.63, 3.8) is 0 Å². The highest BCUT2D eigenvalue weighted by atomic mass is 16.6. The van der Waals surface area contributed by atoms with E-state index in [4.69, 9.17) is 10.5 Å². The number of nitro benzene ring substituents is 1. The molecule has 0 aliphatic rings. The number of rotatable bonds is 5. The Kier molecular flexibility index (Phi) is 6.00. The van der Waals surface area contributed by atoms with Crippen LogP contribution in [0.25, 0.3) is 0 Å². The van der Waals surface area contributed by atoms with Crippen LogP contribution in [0.2, 0.25) is 0 Å². The molecule has 0 fully saturated rings. The van der Waals surface area contributed by atoms with E-state index < -0.39 is 22.4 Å². The monoisotopic (exact) mass is 411 g/mol. The number of anilines is 2. The first kappa shape index (κ1) is 20.7. The fourth-order valence-electron chi connectivity index (χ4n) is 2.64. The van der Waals surface area contributed by atoms with Crippen LogP contribution in [0.1, 0.15) is 31.8 Å². The van der Waals surface area contributed by atoms with Gasteiger partial charge in [-0.3, -0.25) is 19.7 Å². The second-order valence-corrected chi connectivity index (χ2v) is 6.31. The molecule has 3 rings (SSSR count). The van der Waals surface area contributed by atoms with Crippen molar-refractivity contribution in [3.05, 3.63) is 99.1 Å². The van der Waals surface area contributed by atoms with Gasteiger partial charge in [0.1, 0.15) is 0 Å². The summed E-state index contributed by atoms with van der Waals surface area (Å²) >= 11 is 0. The fraction of sp³-hybridized carbons (Fsp3) is 0. The highest BCUT2D eigenvalue weighted by Crippen LogP contribution is 2.20. The third-order valence-corrected chi connectivity index (χ3v) is 4.20. The molecular weight excluding hydrogens is 398 g/mol. The Morgan fingerprint density at radius 1 is 0.742 bits per heavy atom. The van der Waals surface area contributed by atoms with Gasteiger partial charge in [-0.05, 0) is 54.6 Å². The second kappa shape index (κ2) is 8.99. The van der Waals surface area contributed by atoms with E-state index in [1.807, 2.05) is 12.1 Å². The highest BCUT2D eigenvalue weighted by Gasteiger charge is 2.18. The minimum Gasteiger partial charge on any atom is -0.322 e. The van der Waals surface area contributed by atoms with Crippen LogP contribution >= 0.6 is 0 Å². The molecule has 0 aliphatic carbocycles. The summed E-state index contributed by atoms with van der Waals surface area (Å²) in [6.45, 7) is 0. The normalized spacial score (nSPS) is 9.74. The average Bonchev–Trinajstić information content (AvgIpc) is 2.79. The summed E-state index contributed by atoms with van der Waals surface area (Å²) < 4.78 is 0. The zero-order valence-electron chi connectivity index (χ0n) is 15.8. The first-order chi connectivity index (χ1) is 14.9. The van der Waals surface area contributed by atoms with Crippen LogP contribution in [-0.2, 0) is 0 Å². The predicted octanol–water partition coefficient (Wildman–Crippen LogP) is 3.84. The van der Waals surface area contributed by atoms with Crippen molar-refractivity contribution in [3.8, 4) is 12.1 Å². The highest BCUT2D eigenvalue weighted by molar-refractivity contribution is 6.09. The minimum atomic E-state index is -0.697. The Morgan fingerprint density at radius 3 is 1.45 bits per heavy atom. The van der Waals surface area contributed by atoms with Gasteiger partial charge in [0.15, 0.2) is 0 Å². The van der Waals surface area contributed by atoms with E-state index in [2.05, 4.69) is 10.6 Å². The molecule has 3 aromatic carbocycles. The SMILES string of the molecule is N#Cc1ccc(NC(=O)c2cc(C(=O)Nc3ccc(C#N)cc3)cc([N+](=O)[O-])c2)cc1. The maximum absolute atomic E-state index is 12.6. The third-order valence-electron chi connectivity index (χ3n) is 4.20. The van der Waals surface area contributed by atoms with Crippen LogP contribution in [0, 0.1) is 32.8 Å². The molecule has 0 radical (unpaired) electrons. The molecule has 9 heteroatoms. The van der Waals surface area contributed by atoms with Crippen LogP contribution in [0.3, 0.4) is 0 Å². The molecule has 0 spiro atoms. The lowest BCUT2D eigenvalue weighted by molar-refractivity contribution is -0.384. The van der Waals surface area contributed by atoms with Gasteiger partial charge in [-0.15, -0.1) is 0 Å². The number of benzene rings is 3. The molecule has 0 unspecified atom stereocenters. The Bertz CT molecular complexity index is 1160. The maximum Gasteiger partial charge on any atom is 0.271 e. The number of amides is 2. The minimum absolute atomic E-state index is 0.0801. The zero-order valence-corrected chi connectivity index (χ0v) is 15.8. The van der Waals surface area contributed by atoms with Gasteiger partial charge in [0.2, 0.25) is 0 Å². The number of carbonyl (C=O) groups is 2. The first-order valence-electron chi connectivity index (χ1n) is 8.82. The maximum atomic E-state index is 12.6. The van der Waals surface area contributed by atoms with Gasteiger partial charge in [-0.25, -0.2) is 0 Å². The van der Waals surface area contributed by atoms with Crippen LogP contribution in [-0.4, -0.2) is 16.7 Å². The van der Waals surface area contributed by atoms with Crippen molar-refractivity contribution in [2.45, 2.75) is 0 Å². The molecule has 0 atom stereocenters. The Morgan fingerprint density at radius 2 is 1.13 bits per heavy atom. The van der Waals surface area contributed by atoms with Crippen molar-refractivity contribution in [2.24, 2.45) is 0 Å². The number of non-ortho nitro benzene ring substituents is 1. The second-order valence-electron chi connectivity index (χ2n) is 6.31. The standard InChI is InChI=1S/C22H13N5O4/c23-12-14-1-5-18(6-2-14)25-21(28)16-9-17(11-20(10-16)27(30)31)22(29)26-19-7-3-15(13-24)4-8-19/h1-11H,(H,25,28)(H,26,29). The van der Waals surface area contributed by atoms with E-state index in [1.165, 1.54) is 54.6 Å². The summed E-state index contributed by atoms with van der Waals surface area (Å²) in [6, 6.07) is 19.4. The fourth-order valence-corrected chi connectivity index (χ4v) is 2.64. The molecule has 31 heavy (non-hydrogen) atoms. The van der Waals surface area contributed by atoms with Crippen LogP contribution in [0.5, 0.6) is 0 Å². The molecule has 0 aliphatic heterocycles. The molecular formula is C22H13N5O4. The molecule has 2 amide bonds. The molecule has 2 N–H and O–H groups in total. The largest absolute Gasteiger partial charge is 0.322 e. The van der Waals surface area contributed by atoms with Crippen molar-refractivity contribution in [2.75, 3.05) is 10.6 Å². The summed E-state index contributed by atoms with van der Waals surface area (Å²) in [5.74, 6) is -1.30. The predicted molar refractivity (Wildman–Crippen MR) is 111 cm³/mol. The number of hydrogen-bond acceptors (Lipinski definition) is 6. The van der Waals surface area contributed by atoms with Crippen molar-refractivity contribution in [1.29, 1.82) is 10.5 Å². The summed E-state index contributed by atoms with van der Waals surface area (Å²) in [6.07, 6.45) is 0.